The van der Waals surface area contributed by atoms with E-state index in [1.165, 1.54) is 25.4 Å². The highest BCUT2D eigenvalue weighted by Crippen LogP contribution is 2.27. The Labute approximate surface area is 123 Å². The Kier molecular flexibility index (Phi) is 4.09. The first-order chi connectivity index (χ1) is 9.93. The molecule has 0 aliphatic rings. The van der Waals surface area contributed by atoms with E-state index in [1.807, 2.05) is 0 Å². The number of methoxy groups -OCH3 is 1. The number of pyridine rings is 1. The zero-order valence-corrected chi connectivity index (χ0v) is 11.6. The Hall–Kier alpha value is -2.60. The molecule has 1 heterocycles. The number of hydrogen-bond donors (Lipinski definition) is 2. The molecule has 0 amide bonds. The number of rotatable bonds is 3. The van der Waals surface area contributed by atoms with Crippen LogP contribution in [0, 0.1) is 0 Å². The van der Waals surface area contributed by atoms with Crippen LogP contribution in [0.4, 0.5) is 0 Å². The number of aromatic carboxylic acids is 1. The lowest BCUT2D eigenvalue weighted by Crippen LogP contribution is -2.10. The maximum atomic E-state index is 11.6. The van der Waals surface area contributed by atoms with Crippen LogP contribution in [0.3, 0.4) is 0 Å². The number of aromatic amines is 1. The average Bonchev–Trinajstić information content (AvgIpc) is 2.47. The van der Waals surface area contributed by atoms with Gasteiger partial charge in [-0.25, -0.2) is 9.59 Å². The summed E-state index contributed by atoms with van der Waals surface area (Å²) in [6, 6.07) is 5.40. The normalized spacial score (nSPS) is 10.2. The number of carboxylic acid groups (broad SMARTS) is 1. The second-order valence-corrected chi connectivity index (χ2v) is 4.52. The maximum absolute atomic E-state index is 11.6. The number of esters is 1. The fourth-order valence-corrected chi connectivity index (χ4v) is 2.04. The zero-order chi connectivity index (χ0) is 15.6. The second kappa shape index (κ2) is 5.80. The molecular formula is C14H10ClNO5. The molecule has 0 radical (unpaired) electrons. The molecule has 1 aromatic carbocycles. The quantitative estimate of drug-likeness (QED) is 0.847. The van der Waals surface area contributed by atoms with E-state index in [4.69, 9.17) is 16.7 Å². The van der Waals surface area contributed by atoms with Gasteiger partial charge in [-0.05, 0) is 17.7 Å². The van der Waals surface area contributed by atoms with Crippen LogP contribution in [-0.2, 0) is 4.74 Å². The van der Waals surface area contributed by atoms with Gasteiger partial charge in [-0.15, -0.1) is 0 Å². The molecule has 0 atom stereocenters. The minimum atomic E-state index is -1.24. The zero-order valence-electron chi connectivity index (χ0n) is 10.8. The highest BCUT2D eigenvalue weighted by atomic mass is 35.5. The number of H-pyrrole nitrogens is 1. The molecular weight excluding hydrogens is 298 g/mol. The summed E-state index contributed by atoms with van der Waals surface area (Å²) in [6.07, 6.45) is 1.27. The van der Waals surface area contributed by atoms with Crippen LogP contribution >= 0.6 is 11.6 Å². The van der Waals surface area contributed by atoms with Gasteiger partial charge in [0.1, 0.15) is 0 Å². The lowest BCUT2D eigenvalue weighted by Gasteiger charge is -2.08. The Bertz CT molecular complexity index is 781. The predicted molar refractivity (Wildman–Crippen MR) is 75.8 cm³/mol. The Morgan fingerprint density at radius 3 is 2.57 bits per heavy atom. The molecule has 0 fully saturated rings. The third-order valence-electron chi connectivity index (χ3n) is 2.84. The van der Waals surface area contributed by atoms with E-state index in [2.05, 4.69) is 9.72 Å². The summed E-state index contributed by atoms with van der Waals surface area (Å²) in [6.45, 7) is 0. The molecule has 108 valence electrons. The Balaban J connectivity index is 2.65. The van der Waals surface area contributed by atoms with Gasteiger partial charge in [0.15, 0.2) is 0 Å². The number of carbonyl (C=O) groups is 2. The van der Waals surface area contributed by atoms with Crippen molar-refractivity contribution in [3.05, 3.63) is 57.0 Å². The van der Waals surface area contributed by atoms with Crippen LogP contribution in [-0.4, -0.2) is 29.1 Å². The summed E-state index contributed by atoms with van der Waals surface area (Å²) >= 11 is 5.91. The van der Waals surface area contributed by atoms with Crippen molar-refractivity contribution in [3.8, 4) is 11.1 Å². The van der Waals surface area contributed by atoms with E-state index in [-0.39, 0.29) is 21.7 Å². The first kappa shape index (κ1) is 14.8. The molecule has 0 aliphatic carbocycles. The summed E-state index contributed by atoms with van der Waals surface area (Å²) < 4.78 is 4.61. The molecule has 0 saturated heterocycles. The van der Waals surface area contributed by atoms with Crippen molar-refractivity contribution in [2.24, 2.45) is 0 Å². The summed E-state index contributed by atoms with van der Waals surface area (Å²) in [5.74, 6) is -1.88. The summed E-state index contributed by atoms with van der Waals surface area (Å²) in [5.41, 5.74) is 0.103. The number of carbonyl (C=O) groups excluding carboxylic acids is 1. The van der Waals surface area contributed by atoms with E-state index in [1.54, 1.807) is 6.07 Å². The third-order valence-corrected chi connectivity index (χ3v) is 3.17. The van der Waals surface area contributed by atoms with Crippen LogP contribution in [0.1, 0.15) is 20.7 Å². The van der Waals surface area contributed by atoms with E-state index in [0.717, 1.165) is 6.07 Å². The van der Waals surface area contributed by atoms with Crippen LogP contribution in [0.5, 0.6) is 0 Å². The van der Waals surface area contributed by atoms with E-state index < -0.39 is 17.5 Å². The van der Waals surface area contributed by atoms with E-state index >= 15 is 0 Å². The van der Waals surface area contributed by atoms with Gasteiger partial charge in [-0.3, -0.25) is 4.79 Å². The molecule has 1 aromatic heterocycles. The van der Waals surface area contributed by atoms with Crippen LogP contribution in [0.15, 0.2) is 35.3 Å². The van der Waals surface area contributed by atoms with Crippen molar-refractivity contribution in [2.75, 3.05) is 7.11 Å². The van der Waals surface area contributed by atoms with Gasteiger partial charge < -0.3 is 14.8 Å². The molecule has 2 rings (SSSR count). The number of halogens is 1. The molecule has 0 spiro atoms. The molecule has 2 N–H and O–H groups in total. The van der Waals surface area contributed by atoms with Gasteiger partial charge in [-0.2, -0.15) is 0 Å². The lowest BCUT2D eigenvalue weighted by atomic mass is 10.00. The van der Waals surface area contributed by atoms with Crippen LogP contribution in [0.2, 0.25) is 5.02 Å². The summed E-state index contributed by atoms with van der Waals surface area (Å²) in [5, 5.41) is 9.35. The van der Waals surface area contributed by atoms with Crippen LogP contribution < -0.4 is 5.56 Å². The van der Waals surface area contributed by atoms with Gasteiger partial charge in [0, 0.05) is 17.8 Å². The number of benzene rings is 1. The van der Waals surface area contributed by atoms with Gasteiger partial charge in [0.25, 0.3) is 0 Å². The molecule has 2 aromatic rings. The monoisotopic (exact) mass is 307 g/mol. The van der Waals surface area contributed by atoms with Crippen molar-refractivity contribution >= 4 is 23.5 Å². The van der Waals surface area contributed by atoms with Gasteiger partial charge in [0.05, 0.1) is 23.3 Å². The van der Waals surface area contributed by atoms with Gasteiger partial charge in [0.2, 0.25) is 5.56 Å². The fraction of sp³-hybridized carbons (Fsp3) is 0.0714. The largest absolute Gasteiger partial charge is 0.478 e. The maximum Gasteiger partial charge on any atom is 0.339 e. The first-order valence-corrected chi connectivity index (χ1v) is 6.16. The Morgan fingerprint density at radius 1 is 1.24 bits per heavy atom. The second-order valence-electron chi connectivity index (χ2n) is 4.12. The Morgan fingerprint density at radius 2 is 1.95 bits per heavy atom. The first-order valence-electron chi connectivity index (χ1n) is 5.78. The minimum Gasteiger partial charge on any atom is -0.478 e. The van der Waals surface area contributed by atoms with Crippen molar-refractivity contribution < 1.29 is 19.4 Å². The topological polar surface area (TPSA) is 96.5 Å². The highest BCUT2D eigenvalue weighted by Gasteiger charge is 2.16. The molecule has 21 heavy (non-hydrogen) atoms. The van der Waals surface area contributed by atoms with Crippen molar-refractivity contribution in [1.82, 2.24) is 4.98 Å². The number of hydrogen-bond acceptors (Lipinski definition) is 4. The van der Waals surface area contributed by atoms with Crippen molar-refractivity contribution in [3.63, 3.8) is 0 Å². The van der Waals surface area contributed by atoms with Gasteiger partial charge >= 0.3 is 11.9 Å². The lowest BCUT2D eigenvalue weighted by molar-refractivity contribution is 0.0600. The van der Waals surface area contributed by atoms with Gasteiger partial charge in [-0.1, -0.05) is 17.7 Å². The highest BCUT2D eigenvalue weighted by molar-refractivity contribution is 6.33. The SMILES string of the molecule is COC(=O)c1cc(-c2c[nH]c(=O)cc2C(=O)O)ccc1Cl. The van der Waals surface area contributed by atoms with E-state index in [9.17, 15) is 14.4 Å². The molecule has 0 unspecified atom stereocenters. The molecule has 0 saturated carbocycles. The predicted octanol–water partition coefficient (Wildman–Crippen LogP) is 2.18. The standard InChI is InChI=1S/C14H10ClNO5/c1-21-14(20)9-4-7(2-3-11(9)15)10-6-16-12(17)5-8(10)13(18)19/h2-6H,1H3,(H,16,17)(H,18,19). The number of ether oxygens (including phenoxy) is 1. The summed E-state index contributed by atoms with van der Waals surface area (Å²) in [4.78, 5) is 36.5. The molecule has 0 aliphatic heterocycles. The average molecular weight is 308 g/mol. The van der Waals surface area contributed by atoms with Crippen molar-refractivity contribution in [1.29, 1.82) is 0 Å². The number of carboxylic acids is 1. The summed E-state index contributed by atoms with van der Waals surface area (Å²) in [7, 11) is 1.22. The number of aromatic nitrogens is 1. The smallest absolute Gasteiger partial charge is 0.339 e. The van der Waals surface area contributed by atoms with Crippen molar-refractivity contribution in [2.45, 2.75) is 0 Å². The van der Waals surface area contributed by atoms with E-state index in [0.29, 0.717) is 5.56 Å². The molecule has 6 nitrogen and oxygen atoms in total. The molecule has 0 bridgehead atoms. The fourth-order valence-electron chi connectivity index (χ4n) is 1.85. The molecule has 7 heteroatoms. The number of nitrogens with one attached hydrogen (secondary N) is 1. The van der Waals surface area contributed by atoms with Crippen LogP contribution in [0.25, 0.3) is 11.1 Å². The minimum absolute atomic E-state index is 0.110. The third kappa shape index (κ3) is 2.95.